The third kappa shape index (κ3) is 3.79. The molecule has 1 aliphatic carbocycles. The van der Waals surface area contributed by atoms with Crippen LogP contribution in [-0.2, 0) is 12.0 Å². The summed E-state index contributed by atoms with van der Waals surface area (Å²) in [5.41, 5.74) is 5.90. The van der Waals surface area contributed by atoms with Crippen LogP contribution in [0.3, 0.4) is 0 Å². The minimum absolute atomic E-state index is 0.0834. The zero-order valence-electron chi connectivity index (χ0n) is 13.2. The van der Waals surface area contributed by atoms with Gasteiger partial charge in [0.2, 0.25) is 5.89 Å². The Labute approximate surface area is 121 Å². The van der Waals surface area contributed by atoms with Gasteiger partial charge in [-0.05, 0) is 32.2 Å². The largest absolute Gasteiger partial charge is 0.339 e. The van der Waals surface area contributed by atoms with Gasteiger partial charge in [0.25, 0.3) is 0 Å². The fraction of sp³-hybridized carbons (Fsp3) is 0.867. The van der Waals surface area contributed by atoms with Crippen molar-refractivity contribution in [1.29, 1.82) is 0 Å². The number of rotatable bonds is 4. The molecule has 0 atom stereocenters. The summed E-state index contributed by atoms with van der Waals surface area (Å²) in [6.07, 6.45) is 4.61. The summed E-state index contributed by atoms with van der Waals surface area (Å²) >= 11 is 0. The molecule has 20 heavy (non-hydrogen) atoms. The van der Waals surface area contributed by atoms with E-state index in [2.05, 4.69) is 42.7 Å². The predicted octanol–water partition coefficient (Wildman–Crippen LogP) is 2.46. The summed E-state index contributed by atoms with van der Waals surface area (Å²) in [7, 11) is 0. The first-order valence-electron chi connectivity index (χ1n) is 7.73. The molecule has 1 aromatic rings. The lowest BCUT2D eigenvalue weighted by Crippen LogP contribution is -2.40. The highest BCUT2D eigenvalue weighted by molar-refractivity contribution is 4.98. The number of hydrogen-bond donors (Lipinski definition) is 1. The Hall–Kier alpha value is -0.940. The van der Waals surface area contributed by atoms with E-state index >= 15 is 0 Å². The third-order valence-electron chi connectivity index (χ3n) is 4.12. The Kier molecular flexibility index (Phi) is 4.81. The first kappa shape index (κ1) is 15.4. The molecule has 0 aliphatic heterocycles. The smallest absolute Gasteiger partial charge is 0.232 e. The van der Waals surface area contributed by atoms with E-state index in [1.165, 1.54) is 12.8 Å². The molecule has 0 aromatic carbocycles. The van der Waals surface area contributed by atoms with Crippen molar-refractivity contribution in [3.8, 4) is 0 Å². The zero-order chi connectivity index (χ0) is 14.8. The predicted molar refractivity (Wildman–Crippen MR) is 79.3 cm³/mol. The van der Waals surface area contributed by atoms with Crippen LogP contribution in [0.2, 0.25) is 0 Å². The van der Waals surface area contributed by atoms with Crippen LogP contribution in [0.15, 0.2) is 4.52 Å². The summed E-state index contributed by atoms with van der Waals surface area (Å²) in [6, 6.07) is 0.999. The monoisotopic (exact) mass is 280 g/mol. The van der Waals surface area contributed by atoms with E-state index in [-0.39, 0.29) is 5.41 Å². The van der Waals surface area contributed by atoms with Crippen LogP contribution in [0.4, 0.5) is 0 Å². The molecule has 5 nitrogen and oxygen atoms in total. The molecule has 0 unspecified atom stereocenters. The van der Waals surface area contributed by atoms with Crippen molar-refractivity contribution < 1.29 is 4.52 Å². The Morgan fingerprint density at radius 2 is 1.90 bits per heavy atom. The first-order chi connectivity index (χ1) is 9.40. The van der Waals surface area contributed by atoms with Gasteiger partial charge in [-0.15, -0.1) is 0 Å². The highest BCUT2D eigenvalue weighted by Gasteiger charge is 2.26. The lowest BCUT2D eigenvalue weighted by Gasteiger charge is -2.34. The van der Waals surface area contributed by atoms with Gasteiger partial charge in [0.1, 0.15) is 0 Å². The number of nitrogens with zero attached hydrogens (tertiary/aromatic N) is 3. The van der Waals surface area contributed by atoms with Gasteiger partial charge in [0, 0.05) is 17.5 Å². The summed E-state index contributed by atoms with van der Waals surface area (Å²) in [4.78, 5) is 6.98. The maximum Gasteiger partial charge on any atom is 0.232 e. The van der Waals surface area contributed by atoms with Gasteiger partial charge < -0.3 is 10.3 Å². The van der Waals surface area contributed by atoms with Crippen molar-refractivity contribution in [3.63, 3.8) is 0 Å². The molecule has 1 aliphatic rings. The molecule has 0 amide bonds. The van der Waals surface area contributed by atoms with Gasteiger partial charge in [-0.2, -0.15) is 4.98 Å². The fourth-order valence-electron chi connectivity index (χ4n) is 2.77. The molecule has 1 saturated carbocycles. The van der Waals surface area contributed by atoms with Crippen molar-refractivity contribution in [2.45, 2.75) is 77.4 Å². The maximum atomic E-state index is 5.98. The topological polar surface area (TPSA) is 68.2 Å². The highest BCUT2D eigenvalue weighted by atomic mass is 16.5. The Morgan fingerprint density at radius 3 is 2.40 bits per heavy atom. The van der Waals surface area contributed by atoms with Crippen LogP contribution < -0.4 is 5.73 Å². The molecule has 1 fully saturated rings. The van der Waals surface area contributed by atoms with E-state index in [1.807, 2.05) is 0 Å². The zero-order valence-corrected chi connectivity index (χ0v) is 13.2. The van der Waals surface area contributed by atoms with Gasteiger partial charge in [-0.25, -0.2) is 0 Å². The minimum atomic E-state index is -0.0834. The first-order valence-corrected chi connectivity index (χ1v) is 7.73. The van der Waals surface area contributed by atoms with Crippen molar-refractivity contribution in [2.24, 2.45) is 5.73 Å². The molecule has 1 aromatic heterocycles. The molecular weight excluding hydrogens is 252 g/mol. The van der Waals surface area contributed by atoms with E-state index in [0.717, 1.165) is 31.8 Å². The average Bonchev–Trinajstić information content (AvgIpc) is 2.85. The molecular formula is C15H28N4O. The second-order valence-electron chi connectivity index (χ2n) is 6.90. The number of aromatic nitrogens is 2. The summed E-state index contributed by atoms with van der Waals surface area (Å²) < 4.78 is 5.37. The van der Waals surface area contributed by atoms with Crippen LogP contribution in [0.1, 0.15) is 65.1 Å². The summed E-state index contributed by atoms with van der Waals surface area (Å²) in [6.45, 7) is 10.2. The molecule has 0 radical (unpaired) electrons. The number of hydrogen-bond acceptors (Lipinski definition) is 5. The van der Waals surface area contributed by atoms with E-state index in [1.54, 1.807) is 0 Å². The van der Waals surface area contributed by atoms with Crippen LogP contribution >= 0.6 is 0 Å². The quantitative estimate of drug-likeness (QED) is 0.917. The van der Waals surface area contributed by atoms with Crippen molar-refractivity contribution in [2.75, 3.05) is 6.54 Å². The number of nitrogens with two attached hydrogens (primary N) is 1. The fourth-order valence-corrected chi connectivity index (χ4v) is 2.77. The second-order valence-corrected chi connectivity index (χ2v) is 6.90. The average molecular weight is 280 g/mol. The van der Waals surface area contributed by atoms with Gasteiger partial charge in [-0.3, -0.25) is 4.90 Å². The lowest BCUT2D eigenvalue weighted by molar-refractivity contribution is 0.144. The van der Waals surface area contributed by atoms with Gasteiger partial charge in [-0.1, -0.05) is 32.9 Å². The molecule has 2 N–H and O–H groups in total. The van der Waals surface area contributed by atoms with Crippen LogP contribution in [0.25, 0.3) is 0 Å². The third-order valence-corrected chi connectivity index (χ3v) is 4.12. The summed E-state index contributed by atoms with van der Waals surface area (Å²) in [5.74, 6) is 1.51. The van der Waals surface area contributed by atoms with Crippen molar-refractivity contribution >= 4 is 0 Å². The molecule has 0 spiro atoms. The molecule has 0 bridgehead atoms. The highest BCUT2D eigenvalue weighted by Crippen LogP contribution is 2.24. The van der Waals surface area contributed by atoms with E-state index < -0.39 is 0 Å². The van der Waals surface area contributed by atoms with Gasteiger partial charge in [0.05, 0.1) is 6.54 Å². The Bertz CT molecular complexity index is 416. The van der Waals surface area contributed by atoms with Crippen molar-refractivity contribution in [1.82, 2.24) is 15.0 Å². The molecule has 5 heteroatoms. The molecule has 1 heterocycles. The van der Waals surface area contributed by atoms with Crippen LogP contribution in [-0.4, -0.2) is 33.7 Å². The second kappa shape index (κ2) is 6.22. The van der Waals surface area contributed by atoms with Crippen molar-refractivity contribution in [3.05, 3.63) is 11.7 Å². The minimum Gasteiger partial charge on any atom is -0.339 e. The molecule has 2 rings (SSSR count). The van der Waals surface area contributed by atoms with Gasteiger partial charge in [0.15, 0.2) is 5.82 Å². The SMILES string of the molecule is CCN(Cc1noc(C(C)(C)C)n1)C1CCC(N)CC1. The standard InChI is InChI=1S/C15H28N4O/c1-5-19(12-8-6-11(16)7-9-12)10-13-17-14(20-18-13)15(2,3)4/h11-12H,5-10,16H2,1-4H3. The van der Waals surface area contributed by atoms with Crippen LogP contribution in [0, 0.1) is 0 Å². The van der Waals surface area contributed by atoms with E-state index in [4.69, 9.17) is 10.3 Å². The maximum absolute atomic E-state index is 5.98. The van der Waals surface area contributed by atoms with Crippen LogP contribution in [0.5, 0.6) is 0 Å². The van der Waals surface area contributed by atoms with Gasteiger partial charge >= 0.3 is 0 Å². The lowest BCUT2D eigenvalue weighted by atomic mass is 9.91. The summed E-state index contributed by atoms with van der Waals surface area (Å²) in [5, 5.41) is 4.13. The normalized spacial score (nSPS) is 24.3. The Morgan fingerprint density at radius 1 is 1.25 bits per heavy atom. The molecule has 0 saturated heterocycles. The van der Waals surface area contributed by atoms with E-state index in [9.17, 15) is 0 Å². The Balaban J connectivity index is 1.98. The molecule has 114 valence electrons. The van der Waals surface area contributed by atoms with E-state index in [0.29, 0.717) is 18.0 Å².